The van der Waals surface area contributed by atoms with Crippen LogP contribution < -0.4 is 0 Å². The molecule has 19 fully saturated rings. The number of carboxylic acids is 2. The standard InChI is InChI=1S/C52H70O16.C33H48O10/c1-3-28(44(57)64-38-14-34-10-32(38)20-49(34,24-53)22-40(54)55)8-31(45(58)65-39-15-35-11-33(39)21-52(35)4-5-63-48(52)61)9-30(46(59)66-41-29-12-36-37(13-29)47(60)67-42(36)41)6-25(2)43(56)68-51-18-26-7-27(19-51)17-50(62,16-26)23-51;1-5-33(29(38)39,30(3,4)16-34)14-21(27(36)41-24-20-8-22-23(9-20)28(37)42-25(22)24)6-17(2)26(35)43-32-12-18-7-19(13-32)11-31(40,10-18)15-32/h25-39,41-42,53,62H,3-24H2,1-2H3,(H,54,55);17-25,34,40H,5-16H2,1-4H3,(H,38,39). The molecular weight excluding hydrogens is 1440 g/mol. The van der Waals surface area contributed by atoms with Crippen molar-refractivity contribution < 1.29 is 126 Å². The van der Waals surface area contributed by atoms with Crippen LogP contribution in [0.5, 0.6) is 0 Å². The molecule has 0 aromatic heterocycles. The predicted octanol–water partition coefficient (Wildman–Crippen LogP) is 8.88. The summed E-state index contributed by atoms with van der Waals surface area (Å²) in [4.78, 5) is 148. The van der Waals surface area contributed by atoms with Crippen molar-refractivity contribution in [3.05, 3.63) is 0 Å². The number of hydrogen-bond donors (Lipinski definition) is 6. The Bertz CT molecular complexity index is 3710. The highest BCUT2D eigenvalue weighted by Crippen LogP contribution is 2.65. The van der Waals surface area contributed by atoms with Gasteiger partial charge in [0, 0.05) is 60.6 Å². The van der Waals surface area contributed by atoms with Crippen LogP contribution in [-0.4, -0.2) is 175 Å². The van der Waals surface area contributed by atoms with Gasteiger partial charge in [-0.15, -0.1) is 0 Å². The maximum Gasteiger partial charge on any atom is 0.312 e. The van der Waals surface area contributed by atoms with Crippen LogP contribution >= 0.6 is 0 Å². The molecule has 3 saturated heterocycles. The third-order valence-corrected chi connectivity index (χ3v) is 33.0. The molecule has 16 bridgehead atoms. The van der Waals surface area contributed by atoms with E-state index in [1.165, 1.54) is 0 Å². The van der Waals surface area contributed by atoms with Gasteiger partial charge < -0.3 is 73.3 Å². The summed E-state index contributed by atoms with van der Waals surface area (Å²) in [5.74, 6) is -10.6. The second kappa shape index (κ2) is 28.7. The Kier molecular flexibility index (Phi) is 20.4. The number of carboxylic acid groups (broad SMARTS) is 2. The first-order valence-corrected chi connectivity index (χ1v) is 42.5. The van der Waals surface area contributed by atoms with Gasteiger partial charge in [-0.1, -0.05) is 41.5 Å². The highest BCUT2D eigenvalue weighted by molar-refractivity contribution is 5.83. The van der Waals surface area contributed by atoms with Crippen molar-refractivity contribution in [2.45, 2.75) is 300 Å². The molecule has 29 unspecified atom stereocenters. The zero-order valence-corrected chi connectivity index (χ0v) is 65.4. The van der Waals surface area contributed by atoms with E-state index < -0.39 is 171 Å². The Morgan fingerprint density at radius 3 is 1.41 bits per heavy atom. The Morgan fingerprint density at radius 2 is 0.982 bits per heavy atom. The average molecular weight is 1560 g/mol. The molecule has 6 N–H and O–H groups in total. The molecular formula is C85H118O26. The summed E-state index contributed by atoms with van der Waals surface area (Å²) < 4.78 is 54.4. The number of aliphatic carboxylic acids is 2. The molecule has 26 nitrogen and oxygen atoms in total. The molecule has 19 rings (SSSR count). The first-order valence-electron chi connectivity index (χ1n) is 42.5. The first kappa shape index (κ1) is 78.9. The number of cyclic esters (lactones) is 1. The van der Waals surface area contributed by atoms with E-state index in [1.54, 1.807) is 34.6 Å². The number of ether oxygens (including phenoxy) is 9. The van der Waals surface area contributed by atoms with Crippen molar-refractivity contribution in [1.29, 1.82) is 0 Å². The minimum Gasteiger partial charge on any atom is -0.481 e. The topological polar surface area (TPSA) is 392 Å². The molecule has 19 aliphatic rings. The Hall–Kier alpha value is -5.99. The molecule has 3 aliphatic heterocycles. The van der Waals surface area contributed by atoms with Crippen LogP contribution in [0.1, 0.15) is 241 Å². The van der Waals surface area contributed by atoms with Crippen molar-refractivity contribution in [3.63, 3.8) is 0 Å². The van der Waals surface area contributed by atoms with E-state index in [0.29, 0.717) is 121 Å². The number of esters is 9. The Balaban J connectivity index is 0.000000187. The first-order chi connectivity index (χ1) is 52.5. The molecule has 0 radical (unpaired) electrons. The Morgan fingerprint density at radius 1 is 0.523 bits per heavy atom. The van der Waals surface area contributed by atoms with E-state index in [1.807, 2.05) is 6.92 Å². The molecule has 614 valence electrons. The van der Waals surface area contributed by atoms with Crippen LogP contribution in [0.2, 0.25) is 0 Å². The van der Waals surface area contributed by atoms with Crippen molar-refractivity contribution in [3.8, 4) is 0 Å². The minimum absolute atomic E-state index is 0.00518. The zero-order valence-electron chi connectivity index (χ0n) is 65.4. The van der Waals surface area contributed by atoms with Crippen LogP contribution in [0, 0.1) is 140 Å². The predicted molar refractivity (Wildman–Crippen MR) is 384 cm³/mol. The lowest BCUT2D eigenvalue weighted by molar-refractivity contribution is -0.223. The summed E-state index contributed by atoms with van der Waals surface area (Å²) in [6.45, 7) is 10.1. The van der Waals surface area contributed by atoms with Crippen molar-refractivity contribution in [2.75, 3.05) is 19.8 Å². The Labute approximate surface area is 648 Å². The normalized spacial score (nSPS) is 44.0. The van der Waals surface area contributed by atoms with Crippen LogP contribution in [0.25, 0.3) is 0 Å². The number of hydrogen-bond acceptors (Lipinski definition) is 24. The summed E-state index contributed by atoms with van der Waals surface area (Å²) in [6.07, 6.45) is 12.3. The monoisotopic (exact) mass is 1550 g/mol. The smallest absolute Gasteiger partial charge is 0.312 e. The number of aliphatic hydroxyl groups excluding tert-OH is 2. The highest BCUT2D eigenvalue weighted by Gasteiger charge is 2.68. The summed E-state index contributed by atoms with van der Waals surface area (Å²) in [6, 6.07) is 0. The van der Waals surface area contributed by atoms with Crippen molar-refractivity contribution in [1.82, 2.24) is 0 Å². The lowest BCUT2D eigenvalue weighted by atomic mass is 9.52. The van der Waals surface area contributed by atoms with Gasteiger partial charge in [0.25, 0.3) is 0 Å². The largest absolute Gasteiger partial charge is 0.481 e. The van der Waals surface area contributed by atoms with E-state index in [2.05, 4.69) is 0 Å². The van der Waals surface area contributed by atoms with Gasteiger partial charge in [0.15, 0.2) is 0 Å². The fraction of sp³-hybridized carbons (Fsp3) is 0.871. The van der Waals surface area contributed by atoms with E-state index in [4.69, 9.17) is 42.6 Å². The number of rotatable bonds is 30. The van der Waals surface area contributed by atoms with Crippen LogP contribution in [-0.2, 0) is 95.4 Å². The van der Waals surface area contributed by atoms with Gasteiger partial charge in [-0.05, 0) is 227 Å². The maximum atomic E-state index is 14.8. The second-order valence-corrected chi connectivity index (χ2v) is 40.5. The molecule has 0 aromatic carbocycles. The van der Waals surface area contributed by atoms with Crippen molar-refractivity contribution in [2.24, 2.45) is 140 Å². The summed E-state index contributed by atoms with van der Waals surface area (Å²) in [5, 5.41) is 63.1. The van der Waals surface area contributed by atoms with Gasteiger partial charge in [0.05, 0.1) is 82.4 Å². The van der Waals surface area contributed by atoms with Gasteiger partial charge in [-0.3, -0.25) is 52.7 Å². The third kappa shape index (κ3) is 13.9. The summed E-state index contributed by atoms with van der Waals surface area (Å²) >= 11 is 0. The number of fused-ring (bicyclic) bond motifs is 7. The van der Waals surface area contributed by atoms with E-state index >= 15 is 0 Å². The fourth-order valence-electron chi connectivity index (χ4n) is 28.3. The lowest BCUT2D eigenvalue weighted by Gasteiger charge is -2.59. The van der Waals surface area contributed by atoms with Gasteiger partial charge in [-0.25, -0.2) is 0 Å². The average Bonchev–Trinajstić information content (AvgIpc) is 1.29. The zero-order chi connectivity index (χ0) is 78.8. The molecule has 1 spiro atoms. The van der Waals surface area contributed by atoms with Crippen LogP contribution in [0.4, 0.5) is 0 Å². The van der Waals surface area contributed by atoms with E-state index in [-0.39, 0.29) is 140 Å². The quantitative estimate of drug-likeness (QED) is 0.0289. The maximum absolute atomic E-state index is 14.8. The highest BCUT2D eigenvalue weighted by atomic mass is 16.6. The van der Waals surface area contributed by atoms with E-state index in [0.717, 1.165) is 51.4 Å². The van der Waals surface area contributed by atoms with Crippen LogP contribution in [0.3, 0.4) is 0 Å². The second-order valence-electron chi connectivity index (χ2n) is 40.5. The molecule has 0 amide bonds. The van der Waals surface area contributed by atoms with Crippen LogP contribution in [0.15, 0.2) is 0 Å². The summed E-state index contributed by atoms with van der Waals surface area (Å²) in [5.41, 5.74) is -6.93. The summed E-state index contributed by atoms with van der Waals surface area (Å²) in [7, 11) is 0. The number of carbonyl (C=O) groups is 11. The molecule has 26 heteroatoms. The molecule has 0 aromatic rings. The minimum atomic E-state index is -1.46. The molecule has 16 saturated carbocycles. The number of carbonyl (C=O) groups excluding carboxylic acids is 9. The van der Waals surface area contributed by atoms with Crippen molar-refractivity contribution >= 4 is 65.7 Å². The molecule has 16 aliphatic carbocycles. The molecule has 29 atom stereocenters. The SMILES string of the molecule is CCC(CC(CC(C)C(=O)OC12CC3CC(CC(O)(C3)C1)C2)C(=O)OC1C2CC3C(=O)OC1C3C2)(C(=O)O)C(C)(C)CO.CCC(CC(CC(CC(C)C(=O)OC12CC3CC(CC(O)(C3)C1)C2)C(=O)OC1C2CC3C(=O)OC1C3C2)C(=O)OC1CC2CC1CC21CCOC1=O)C(=O)OC1CC2CC1CC2(CO)CC(=O)O. The van der Waals surface area contributed by atoms with Gasteiger partial charge in [0.1, 0.15) is 47.8 Å². The van der Waals surface area contributed by atoms with Gasteiger partial charge in [0.2, 0.25) is 0 Å². The molecule has 111 heavy (non-hydrogen) atoms. The third-order valence-electron chi connectivity index (χ3n) is 33.0. The number of aliphatic hydroxyl groups is 4. The van der Waals surface area contributed by atoms with Gasteiger partial charge >= 0.3 is 65.7 Å². The van der Waals surface area contributed by atoms with E-state index in [9.17, 15) is 83.4 Å². The molecule has 3 heterocycles. The lowest BCUT2D eigenvalue weighted by Crippen LogP contribution is -2.60. The fourth-order valence-corrected chi connectivity index (χ4v) is 28.3. The van der Waals surface area contributed by atoms with Gasteiger partial charge in [-0.2, -0.15) is 0 Å².